The molecule has 0 aromatic heterocycles. The Bertz CT molecular complexity index is 799. The van der Waals surface area contributed by atoms with E-state index in [-0.39, 0.29) is 23.6 Å². The molecule has 5 heteroatoms. The lowest BCUT2D eigenvalue weighted by Crippen LogP contribution is -2.40. The molecule has 1 amide bonds. The minimum atomic E-state index is -0.259. The normalized spacial score (nSPS) is 18.4. The maximum atomic E-state index is 12.4. The van der Waals surface area contributed by atoms with E-state index in [0.29, 0.717) is 5.56 Å². The summed E-state index contributed by atoms with van der Waals surface area (Å²) in [6.07, 6.45) is 0.611. The maximum absolute atomic E-state index is 12.4. The van der Waals surface area contributed by atoms with Crippen LogP contribution in [0.15, 0.2) is 54.6 Å². The number of aliphatic hydroxyl groups is 1. The van der Waals surface area contributed by atoms with Gasteiger partial charge in [-0.05, 0) is 57.0 Å². The highest BCUT2D eigenvalue weighted by atomic mass is 16.3. The summed E-state index contributed by atoms with van der Waals surface area (Å²) < 4.78 is 0. The summed E-state index contributed by atoms with van der Waals surface area (Å²) in [6.45, 7) is 8.43. The molecule has 2 N–H and O–H groups in total. The van der Waals surface area contributed by atoms with E-state index < -0.39 is 0 Å². The smallest absolute Gasteiger partial charge is 0.251 e. The van der Waals surface area contributed by atoms with Gasteiger partial charge in [0.2, 0.25) is 0 Å². The zero-order chi connectivity index (χ0) is 21.0. The highest BCUT2D eigenvalue weighted by Gasteiger charge is 2.26. The fourth-order valence-electron chi connectivity index (χ4n) is 3.79. The second-order valence-corrected chi connectivity index (χ2v) is 8.99. The van der Waals surface area contributed by atoms with Crippen LogP contribution in [0.4, 0.5) is 5.69 Å². The number of rotatable bonds is 6. The third-order valence-corrected chi connectivity index (χ3v) is 5.36. The summed E-state index contributed by atoms with van der Waals surface area (Å²) >= 11 is 0. The van der Waals surface area contributed by atoms with Crippen LogP contribution in [0.5, 0.6) is 0 Å². The lowest BCUT2D eigenvalue weighted by Gasteiger charge is -2.33. The molecule has 156 valence electrons. The van der Waals surface area contributed by atoms with E-state index in [1.54, 1.807) is 0 Å². The molecular formula is C24H33N3O2. The molecule has 1 fully saturated rings. The van der Waals surface area contributed by atoms with Crippen LogP contribution in [0.25, 0.3) is 0 Å². The number of aliphatic hydroxyl groups excluding tert-OH is 1. The number of carbonyl (C=O) groups excluding carboxylic acids is 1. The fraction of sp³-hybridized carbons (Fsp3) is 0.458. The summed E-state index contributed by atoms with van der Waals surface area (Å²) in [5, 5.41) is 12.9. The molecule has 0 unspecified atom stereocenters. The Hall–Kier alpha value is -2.37. The van der Waals surface area contributed by atoms with E-state index >= 15 is 0 Å². The van der Waals surface area contributed by atoms with Gasteiger partial charge >= 0.3 is 0 Å². The molecular weight excluding hydrogens is 362 g/mol. The van der Waals surface area contributed by atoms with Crippen LogP contribution in [0.1, 0.15) is 49.2 Å². The van der Waals surface area contributed by atoms with Gasteiger partial charge in [0, 0.05) is 43.5 Å². The molecule has 0 aliphatic carbocycles. The van der Waals surface area contributed by atoms with Crippen LogP contribution in [-0.4, -0.2) is 54.2 Å². The number of hydrogen-bond acceptors (Lipinski definition) is 4. The zero-order valence-corrected chi connectivity index (χ0v) is 17.9. The Morgan fingerprint density at radius 3 is 2.38 bits per heavy atom. The maximum Gasteiger partial charge on any atom is 0.251 e. The first-order chi connectivity index (χ1) is 13.7. The van der Waals surface area contributed by atoms with E-state index in [0.717, 1.165) is 31.7 Å². The predicted octanol–water partition coefficient (Wildman–Crippen LogP) is 3.46. The first kappa shape index (κ1) is 21.3. The van der Waals surface area contributed by atoms with Crippen LogP contribution in [0.2, 0.25) is 0 Å². The summed E-state index contributed by atoms with van der Waals surface area (Å²) in [6, 6.07) is 18.4. The van der Waals surface area contributed by atoms with Crippen LogP contribution >= 0.6 is 0 Å². The average Bonchev–Trinajstić information content (AvgIpc) is 3.10. The van der Waals surface area contributed by atoms with Gasteiger partial charge in [0.05, 0.1) is 12.1 Å². The molecule has 1 saturated heterocycles. The molecule has 1 heterocycles. The van der Waals surface area contributed by atoms with Gasteiger partial charge in [-0.3, -0.25) is 9.69 Å². The van der Waals surface area contributed by atoms with Crippen molar-refractivity contribution in [3.8, 4) is 0 Å². The average molecular weight is 396 g/mol. The van der Waals surface area contributed by atoms with E-state index in [2.05, 4.69) is 46.4 Å². The molecule has 2 atom stereocenters. The number of benzene rings is 2. The second kappa shape index (κ2) is 8.97. The summed E-state index contributed by atoms with van der Waals surface area (Å²) in [4.78, 5) is 17.0. The lowest BCUT2D eigenvalue weighted by atomic mass is 10.0. The fourth-order valence-corrected chi connectivity index (χ4v) is 3.79. The minimum Gasteiger partial charge on any atom is -0.392 e. The van der Waals surface area contributed by atoms with Gasteiger partial charge in [-0.1, -0.05) is 30.3 Å². The molecule has 0 bridgehead atoms. The standard InChI is InChI=1S/C24H33N3O2/c1-24(2,3)25-23(29)19-10-12-20(13-11-19)26(4)22(18-8-6-5-7-9-18)17-27-15-14-21(28)16-27/h5-13,21-22,28H,14-17H2,1-4H3,(H,25,29)/t21-,22+/m0/s1. The van der Waals surface area contributed by atoms with E-state index in [1.807, 2.05) is 51.1 Å². The van der Waals surface area contributed by atoms with Gasteiger partial charge < -0.3 is 15.3 Å². The predicted molar refractivity (Wildman–Crippen MR) is 118 cm³/mol. The van der Waals surface area contributed by atoms with E-state index in [9.17, 15) is 9.90 Å². The largest absolute Gasteiger partial charge is 0.392 e. The molecule has 5 nitrogen and oxygen atoms in total. The van der Waals surface area contributed by atoms with Gasteiger partial charge in [0.1, 0.15) is 0 Å². The monoisotopic (exact) mass is 395 g/mol. The van der Waals surface area contributed by atoms with Gasteiger partial charge in [-0.15, -0.1) is 0 Å². The first-order valence-electron chi connectivity index (χ1n) is 10.3. The molecule has 1 aliphatic heterocycles. The van der Waals surface area contributed by atoms with E-state index in [4.69, 9.17) is 0 Å². The second-order valence-electron chi connectivity index (χ2n) is 8.99. The summed E-state index contributed by atoms with van der Waals surface area (Å²) in [5.41, 5.74) is 2.71. The molecule has 29 heavy (non-hydrogen) atoms. The third-order valence-electron chi connectivity index (χ3n) is 5.36. The SMILES string of the molecule is CN(c1ccc(C(=O)NC(C)(C)C)cc1)[C@H](CN1CC[C@H](O)C1)c1ccccc1. The number of nitrogens with one attached hydrogen (secondary N) is 1. The Kier molecular flexibility index (Phi) is 6.60. The molecule has 0 saturated carbocycles. The molecule has 0 spiro atoms. The van der Waals surface area contributed by atoms with Crippen molar-refractivity contribution in [2.75, 3.05) is 31.6 Å². The van der Waals surface area contributed by atoms with Gasteiger partial charge in [-0.2, -0.15) is 0 Å². The Labute approximate surface area is 174 Å². The minimum absolute atomic E-state index is 0.0580. The van der Waals surface area contributed by atoms with Crippen LogP contribution in [0.3, 0.4) is 0 Å². The number of nitrogens with zero attached hydrogens (tertiary/aromatic N) is 2. The van der Waals surface area contributed by atoms with Crippen LogP contribution < -0.4 is 10.2 Å². The lowest BCUT2D eigenvalue weighted by molar-refractivity contribution is 0.0919. The summed E-state index contributed by atoms with van der Waals surface area (Å²) in [5.74, 6) is -0.0580. The molecule has 0 radical (unpaired) electrons. The van der Waals surface area contributed by atoms with Crippen molar-refractivity contribution in [3.05, 3.63) is 65.7 Å². The van der Waals surface area contributed by atoms with Crippen molar-refractivity contribution in [1.82, 2.24) is 10.2 Å². The molecule has 1 aliphatic rings. The molecule has 2 aromatic carbocycles. The number of hydrogen-bond donors (Lipinski definition) is 2. The Balaban J connectivity index is 1.78. The molecule has 2 aromatic rings. The quantitative estimate of drug-likeness (QED) is 0.787. The van der Waals surface area contributed by atoms with Crippen molar-refractivity contribution in [2.45, 2.75) is 44.9 Å². The van der Waals surface area contributed by atoms with Crippen molar-refractivity contribution in [3.63, 3.8) is 0 Å². The topological polar surface area (TPSA) is 55.8 Å². The number of anilines is 1. The third kappa shape index (κ3) is 5.81. The highest BCUT2D eigenvalue weighted by molar-refractivity contribution is 5.95. The zero-order valence-electron chi connectivity index (χ0n) is 17.9. The Morgan fingerprint density at radius 1 is 1.17 bits per heavy atom. The number of amides is 1. The van der Waals surface area contributed by atoms with E-state index in [1.165, 1.54) is 5.56 Å². The van der Waals surface area contributed by atoms with Crippen molar-refractivity contribution in [2.24, 2.45) is 0 Å². The van der Waals surface area contributed by atoms with Gasteiger partial charge in [-0.25, -0.2) is 0 Å². The number of likely N-dealkylation sites (tertiary alicyclic amines) is 1. The number of carbonyl (C=O) groups is 1. The van der Waals surface area contributed by atoms with Crippen LogP contribution in [0, 0.1) is 0 Å². The van der Waals surface area contributed by atoms with Gasteiger partial charge in [0.25, 0.3) is 5.91 Å². The summed E-state index contributed by atoms with van der Waals surface area (Å²) in [7, 11) is 2.09. The highest BCUT2D eigenvalue weighted by Crippen LogP contribution is 2.28. The van der Waals surface area contributed by atoms with Crippen LogP contribution in [-0.2, 0) is 0 Å². The van der Waals surface area contributed by atoms with Crippen molar-refractivity contribution in [1.29, 1.82) is 0 Å². The van der Waals surface area contributed by atoms with Crippen molar-refractivity contribution < 1.29 is 9.90 Å². The number of β-amino-alcohol motifs (C(OH)–C–C–N with tert-alkyl or cyclic N) is 1. The molecule has 3 rings (SSSR count). The first-order valence-corrected chi connectivity index (χ1v) is 10.3. The van der Waals surface area contributed by atoms with Crippen molar-refractivity contribution >= 4 is 11.6 Å². The Morgan fingerprint density at radius 2 is 1.83 bits per heavy atom. The number of likely N-dealkylation sites (N-methyl/N-ethyl adjacent to an activating group) is 1. The van der Waals surface area contributed by atoms with Gasteiger partial charge in [0.15, 0.2) is 0 Å².